The normalized spacial score (nSPS) is 13.3. The van der Waals surface area contributed by atoms with Crippen LogP contribution in [0.4, 0.5) is 0 Å². The average molecular weight is 435 g/mol. The number of aliphatic hydroxyl groups is 1. The highest BCUT2D eigenvalue weighted by molar-refractivity contribution is 5.66. The molecular formula is C27H46O4. The fourth-order valence-corrected chi connectivity index (χ4v) is 3.02. The molecule has 0 radical (unpaired) electrons. The molecule has 178 valence electrons. The van der Waals surface area contributed by atoms with Crippen LogP contribution in [0.5, 0.6) is 0 Å². The average Bonchev–Trinajstić information content (AvgIpc) is 2.76. The second kappa shape index (κ2) is 24.6. The van der Waals surface area contributed by atoms with Gasteiger partial charge in [0.2, 0.25) is 0 Å². The van der Waals surface area contributed by atoms with E-state index in [9.17, 15) is 4.79 Å². The lowest BCUT2D eigenvalue weighted by Gasteiger charge is -2.14. The molecule has 0 saturated heterocycles. The maximum atomic E-state index is 10.8. The van der Waals surface area contributed by atoms with E-state index in [0.29, 0.717) is 6.61 Å². The summed E-state index contributed by atoms with van der Waals surface area (Å²) in [6, 6.07) is 0. The summed E-state index contributed by atoms with van der Waals surface area (Å²) < 4.78 is 10.4. The van der Waals surface area contributed by atoms with Gasteiger partial charge in [-0.2, -0.15) is 0 Å². The van der Waals surface area contributed by atoms with E-state index in [0.717, 1.165) is 38.5 Å². The largest absolute Gasteiger partial charge is 0.458 e. The van der Waals surface area contributed by atoms with E-state index in [1.807, 2.05) is 0 Å². The van der Waals surface area contributed by atoms with Crippen LogP contribution in [0.25, 0.3) is 0 Å². The topological polar surface area (TPSA) is 55.8 Å². The second-order valence-electron chi connectivity index (χ2n) is 7.75. The van der Waals surface area contributed by atoms with Crippen LogP contribution in [0.15, 0.2) is 48.6 Å². The van der Waals surface area contributed by atoms with E-state index in [1.54, 1.807) is 0 Å². The molecule has 0 amide bonds. The van der Waals surface area contributed by atoms with Gasteiger partial charge in [0.05, 0.1) is 13.2 Å². The Morgan fingerprint density at radius 3 is 1.84 bits per heavy atom. The Kier molecular flexibility index (Phi) is 23.3. The van der Waals surface area contributed by atoms with Crippen LogP contribution in [0.1, 0.15) is 90.9 Å². The van der Waals surface area contributed by atoms with Crippen molar-refractivity contribution in [2.75, 3.05) is 19.8 Å². The molecule has 0 spiro atoms. The zero-order valence-corrected chi connectivity index (χ0v) is 20.0. The second-order valence-corrected chi connectivity index (χ2v) is 7.75. The Morgan fingerprint density at radius 2 is 1.29 bits per heavy atom. The van der Waals surface area contributed by atoms with E-state index >= 15 is 0 Å². The minimum atomic E-state index is -0.539. The number of rotatable bonds is 21. The Morgan fingerprint density at radius 1 is 0.774 bits per heavy atom. The summed E-state index contributed by atoms with van der Waals surface area (Å²) in [5.41, 5.74) is 0. The molecule has 0 saturated carbocycles. The number of hydrogen-bond donors (Lipinski definition) is 1. The number of carbonyl (C=O) groups excluding carboxylic acids is 1. The Balaban J connectivity index is 3.34. The van der Waals surface area contributed by atoms with Gasteiger partial charge in [-0.05, 0) is 44.9 Å². The van der Waals surface area contributed by atoms with E-state index < -0.39 is 6.10 Å². The third-order valence-electron chi connectivity index (χ3n) is 4.72. The van der Waals surface area contributed by atoms with Gasteiger partial charge >= 0.3 is 5.97 Å². The molecule has 31 heavy (non-hydrogen) atoms. The summed E-state index contributed by atoms with van der Waals surface area (Å²) in [5.74, 6) is -0.385. The van der Waals surface area contributed by atoms with Gasteiger partial charge in [-0.25, -0.2) is 0 Å². The number of hydrogen-bond acceptors (Lipinski definition) is 4. The summed E-state index contributed by atoms with van der Waals surface area (Å²) in [6.07, 6.45) is 31.3. The molecule has 0 bridgehead atoms. The van der Waals surface area contributed by atoms with Crippen LogP contribution in [-0.2, 0) is 14.3 Å². The van der Waals surface area contributed by atoms with Crippen molar-refractivity contribution in [2.45, 2.75) is 97.0 Å². The number of carbonyl (C=O) groups is 1. The number of aliphatic hydroxyl groups excluding tert-OH is 1. The van der Waals surface area contributed by atoms with Gasteiger partial charge in [-0.3, -0.25) is 4.79 Å². The molecule has 0 rings (SSSR count). The summed E-state index contributed by atoms with van der Waals surface area (Å²) in [4.78, 5) is 10.8. The third kappa shape index (κ3) is 24.5. The molecule has 0 aromatic heterocycles. The van der Waals surface area contributed by atoms with Crippen molar-refractivity contribution in [3.63, 3.8) is 0 Å². The van der Waals surface area contributed by atoms with Crippen LogP contribution >= 0.6 is 0 Å². The van der Waals surface area contributed by atoms with Gasteiger partial charge in [-0.15, -0.1) is 0 Å². The molecule has 0 aliphatic rings. The van der Waals surface area contributed by atoms with Crippen molar-refractivity contribution < 1.29 is 19.4 Å². The lowest BCUT2D eigenvalue weighted by Crippen LogP contribution is -2.26. The minimum Gasteiger partial charge on any atom is -0.458 e. The van der Waals surface area contributed by atoms with Crippen molar-refractivity contribution in [1.29, 1.82) is 0 Å². The number of esters is 1. The van der Waals surface area contributed by atoms with Gasteiger partial charge in [0.1, 0.15) is 6.10 Å². The van der Waals surface area contributed by atoms with E-state index in [4.69, 9.17) is 14.6 Å². The monoisotopic (exact) mass is 434 g/mol. The van der Waals surface area contributed by atoms with Gasteiger partial charge < -0.3 is 14.6 Å². The van der Waals surface area contributed by atoms with E-state index in [1.165, 1.54) is 45.4 Å². The Bertz CT molecular complexity index is 505. The predicted octanol–water partition coefficient (Wildman–Crippen LogP) is 6.85. The molecule has 1 N–H and O–H groups in total. The number of allylic oxidation sites excluding steroid dienone is 8. The van der Waals surface area contributed by atoms with Crippen LogP contribution in [0.3, 0.4) is 0 Å². The van der Waals surface area contributed by atoms with Crippen molar-refractivity contribution in [1.82, 2.24) is 0 Å². The van der Waals surface area contributed by atoms with Crippen LogP contribution in [0, 0.1) is 0 Å². The zero-order valence-electron chi connectivity index (χ0n) is 20.0. The van der Waals surface area contributed by atoms with Gasteiger partial charge in [0.25, 0.3) is 0 Å². The molecule has 1 atom stereocenters. The molecule has 4 heteroatoms. The van der Waals surface area contributed by atoms with Crippen LogP contribution < -0.4 is 0 Å². The molecule has 0 heterocycles. The molecular weight excluding hydrogens is 388 g/mol. The molecule has 0 aromatic carbocycles. The quantitative estimate of drug-likeness (QED) is 0.122. The highest BCUT2D eigenvalue weighted by Gasteiger charge is 2.10. The van der Waals surface area contributed by atoms with Gasteiger partial charge in [0.15, 0.2) is 0 Å². The Hall–Kier alpha value is -1.65. The Labute approximate surface area is 191 Å². The summed E-state index contributed by atoms with van der Waals surface area (Å²) in [7, 11) is 0. The summed E-state index contributed by atoms with van der Waals surface area (Å²) in [5, 5.41) is 9.08. The number of ether oxygens (including phenoxy) is 2. The summed E-state index contributed by atoms with van der Waals surface area (Å²) in [6.45, 7) is 4.23. The molecule has 0 aliphatic carbocycles. The maximum Gasteiger partial charge on any atom is 0.303 e. The predicted molar refractivity (Wildman–Crippen MR) is 131 cm³/mol. The third-order valence-corrected chi connectivity index (χ3v) is 4.72. The molecule has 0 aliphatic heterocycles. The molecule has 4 nitrogen and oxygen atoms in total. The van der Waals surface area contributed by atoms with Gasteiger partial charge in [0, 0.05) is 13.5 Å². The van der Waals surface area contributed by atoms with E-state index in [-0.39, 0.29) is 19.2 Å². The molecule has 1 unspecified atom stereocenters. The van der Waals surface area contributed by atoms with Crippen molar-refractivity contribution >= 4 is 5.97 Å². The van der Waals surface area contributed by atoms with Crippen molar-refractivity contribution in [3.05, 3.63) is 48.6 Å². The fourth-order valence-electron chi connectivity index (χ4n) is 3.02. The van der Waals surface area contributed by atoms with Gasteiger partial charge in [-0.1, -0.05) is 87.6 Å². The lowest BCUT2D eigenvalue weighted by atomic mass is 10.1. The first-order valence-corrected chi connectivity index (χ1v) is 12.2. The van der Waals surface area contributed by atoms with Crippen molar-refractivity contribution in [2.24, 2.45) is 0 Å². The first kappa shape index (κ1) is 29.4. The van der Waals surface area contributed by atoms with E-state index in [2.05, 4.69) is 55.5 Å². The smallest absolute Gasteiger partial charge is 0.303 e. The SMILES string of the molecule is CC/C=C\C/C=C\C/C=C\C/C=C\CCCCCCCCCOCC(CO)OC(C)=O. The minimum absolute atomic E-state index is 0.194. The molecule has 0 fully saturated rings. The lowest BCUT2D eigenvalue weighted by molar-refractivity contribution is -0.152. The molecule has 0 aromatic rings. The number of unbranched alkanes of at least 4 members (excludes halogenated alkanes) is 7. The maximum absolute atomic E-state index is 10.8. The van der Waals surface area contributed by atoms with Crippen LogP contribution in [0.2, 0.25) is 0 Å². The van der Waals surface area contributed by atoms with Crippen molar-refractivity contribution in [3.8, 4) is 0 Å². The highest BCUT2D eigenvalue weighted by atomic mass is 16.6. The summed E-state index contributed by atoms with van der Waals surface area (Å²) >= 11 is 0. The highest BCUT2D eigenvalue weighted by Crippen LogP contribution is 2.09. The first-order chi connectivity index (χ1) is 15.2. The fraction of sp³-hybridized carbons (Fsp3) is 0.667. The standard InChI is InChI=1S/C27H46O4/c1-3-4-5-6-7-8-9-10-11-12-13-14-15-16-17-18-19-20-21-22-23-30-25-27(24-28)31-26(2)29/h4-5,7-8,10-11,13-14,27-28H,3,6,9,12,15-25H2,1-2H3/b5-4-,8-7-,11-10-,14-13-. The zero-order chi connectivity index (χ0) is 22.8. The van der Waals surface area contributed by atoms with Crippen LogP contribution in [-0.4, -0.2) is 37.0 Å². The first-order valence-electron chi connectivity index (χ1n) is 12.2.